The van der Waals surface area contributed by atoms with Crippen LogP contribution >= 0.6 is 11.8 Å². The van der Waals surface area contributed by atoms with E-state index in [1.807, 2.05) is 19.1 Å². The lowest BCUT2D eigenvalue weighted by Crippen LogP contribution is -2.23. The molecule has 2 atom stereocenters. The highest BCUT2D eigenvalue weighted by molar-refractivity contribution is 7.98. The van der Waals surface area contributed by atoms with Gasteiger partial charge in [0.1, 0.15) is 5.82 Å². The van der Waals surface area contributed by atoms with Crippen LogP contribution < -0.4 is 5.73 Å². The fourth-order valence-corrected chi connectivity index (χ4v) is 3.78. The Morgan fingerprint density at radius 1 is 1.10 bits per heavy atom. The molecule has 0 bridgehead atoms. The van der Waals surface area contributed by atoms with E-state index in [1.54, 1.807) is 17.8 Å². The zero-order valence-corrected chi connectivity index (χ0v) is 13.6. The Labute approximate surface area is 130 Å². The topological polar surface area (TPSA) is 26.0 Å². The smallest absolute Gasteiger partial charge is 0.127 e. The molecule has 2 N–H and O–H groups in total. The summed E-state index contributed by atoms with van der Waals surface area (Å²) in [5.41, 5.74) is 10.5. The maximum Gasteiger partial charge on any atom is 0.127 e. The minimum absolute atomic E-state index is 0.0352. The van der Waals surface area contributed by atoms with E-state index in [9.17, 15) is 4.39 Å². The summed E-state index contributed by atoms with van der Waals surface area (Å²) in [6, 6.07) is 13.3. The van der Waals surface area contributed by atoms with Crippen LogP contribution in [-0.2, 0) is 5.75 Å². The molecule has 0 saturated heterocycles. The van der Waals surface area contributed by atoms with Crippen LogP contribution in [0.4, 0.5) is 4.39 Å². The van der Waals surface area contributed by atoms with Crippen LogP contribution in [0.3, 0.4) is 0 Å². The molecule has 0 amide bonds. The Morgan fingerprint density at radius 3 is 2.29 bits per heavy atom. The maximum atomic E-state index is 14.0. The summed E-state index contributed by atoms with van der Waals surface area (Å²) in [5.74, 6) is 0.663. The van der Waals surface area contributed by atoms with E-state index in [1.165, 1.54) is 22.8 Å². The Bertz CT molecular complexity index is 590. The van der Waals surface area contributed by atoms with Gasteiger partial charge in [-0.2, -0.15) is 0 Å². The summed E-state index contributed by atoms with van der Waals surface area (Å²) in [6.45, 7) is 6.13. The molecule has 0 aliphatic carbocycles. The van der Waals surface area contributed by atoms with E-state index in [4.69, 9.17) is 5.73 Å². The molecule has 2 rings (SSSR count). The van der Waals surface area contributed by atoms with Crippen LogP contribution in [0, 0.1) is 19.7 Å². The second-order valence-electron chi connectivity index (χ2n) is 5.61. The van der Waals surface area contributed by atoms with E-state index in [2.05, 4.69) is 32.0 Å². The fourth-order valence-electron chi connectivity index (χ4n) is 2.57. The summed E-state index contributed by atoms with van der Waals surface area (Å²) in [4.78, 5) is 0. The van der Waals surface area contributed by atoms with E-state index in [0.717, 1.165) is 5.75 Å². The summed E-state index contributed by atoms with van der Waals surface area (Å²) in [7, 11) is 0. The largest absolute Gasteiger partial charge is 0.327 e. The number of rotatable bonds is 5. The quantitative estimate of drug-likeness (QED) is 0.861. The molecule has 3 heteroatoms. The van der Waals surface area contributed by atoms with Gasteiger partial charge in [-0.15, -0.1) is 11.8 Å². The molecule has 0 aliphatic heterocycles. The van der Waals surface area contributed by atoms with Crippen molar-refractivity contribution in [3.8, 4) is 0 Å². The predicted octanol–water partition coefficient (Wildman–Crippen LogP) is 4.76. The Hall–Kier alpha value is -1.32. The van der Waals surface area contributed by atoms with Gasteiger partial charge in [-0.25, -0.2) is 4.39 Å². The third kappa shape index (κ3) is 4.32. The first-order valence-electron chi connectivity index (χ1n) is 7.16. The maximum absolute atomic E-state index is 14.0. The minimum atomic E-state index is -0.173. The van der Waals surface area contributed by atoms with Gasteiger partial charge in [-0.05, 0) is 32.4 Å². The number of thioether (sulfide) groups is 1. The lowest BCUT2D eigenvalue weighted by atomic mass is 10.1. The van der Waals surface area contributed by atoms with Gasteiger partial charge in [0.15, 0.2) is 0 Å². The lowest BCUT2D eigenvalue weighted by Gasteiger charge is -2.21. The molecule has 112 valence electrons. The lowest BCUT2D eigenvalue weighted by molar-refractivity contribution is 0.592. The standard InChI is InChI=1S/C18H22FNS/c1-12-8-13(2)10-15(9-12)11-21-18(14(3)20)16-6-4-5-7-17(16)19/h4-10,14,18H,11,20H2,1-3H3. The summed E-state index contributed by atoms with van der Waals surface area (Å²) in [5, 5.41) is -0.0352. The SMILES string of the molecule is Cc1cc(C)cc(CSC(c2ccccc2F)C(C)N)c1. The van der Waals surface area contributed by atoms with Crippen molar-refractivity contribution in [1.29, 1.82) is 0 Å². The third-order valence-electron chi connectivity index (χ3n) is 3.40. The van der Waals surface area contributed by atoms with Gasteiger partial charge < -0.3 is 5.73 Å². The average molecular weight is 303 g/mol. The number of nitrogens with two attached hydrogens (primary N) is 1. The summed E-state index contributed by atoms with van der Waals surface area (Å²) in [6.07, 6.45) is 0. The zero-order valence-electron chi connectivity index (χ0n) is 12.8. The van der Waals surface area contributed by atoms with Crippen LogP contribution in [0.2, 0.25) is 0 Å². The number of halogens is 1. The third-order valence-corrected chi connectivity index (χ3v) is 4.94. The first-order valence-corrected chi connectivity index (χ1v) is 8.21. The highest BCUT2D eigenvalue weighted by atomic mass is 32.2. The van der Waals surface area contributed by atoms with Crippen LogP contribution in [-0.4, -0.2) is 6.04 Å². The Balaban J connectivity index is 2.16. The molecule has 0 fully saturated rings. The van der Waals surface area contributed by atoms with Crippen molar-refractivity contribution in [2.24, 2.45) is 5.73 Å². The van der Waals surface area contributed by atoms with Crippen LogP contribution in [0.5, 0.6) is 0 Å². The monoisotopic (exact) mass is 303 g/mol. The normalized spacial score (nSPS) is 14.0. The van der Waals surface area contributed by atoms with Crippen molar-refractivity contribution in [2.75, 3.05) is 0 Å². The molecular weight excluding hydrogens is 281 g/mol. The van der Waals surface area contributed by atoms with Crippen molar-refractivity contribution >= 4 is 11.8 Å². The predicted molar refractivity (Wildman–Crippen MR) is 90.0 cm³/mol. The van der Waals surface area contributed by atoms with Gasteiger partial charge in [0, 0.05) is 22.6 Å². The van der Waals surface area contributed by atoms with Crippen LogP contribution in [0.1, 0.15) is 34.4 Å². The molecule has 2 aromatic carbocycles. The van der Waals surface area contributed by atoms with E-state index >= 15 is 0 Å². The Morgan fingerprint density at radius 2 is 1.71 bits per heavy atom. The van der Waals surface area contributed by atoms with E-state index in [0.29, 0.717) is 5.56 Å². The molecule has 1 nitrogen and oxygen atoms in total. The highest BCUT2D eigenvalue weighted by Crippen LogP contribution is 2.35. The second kappa shape index (κ2) is 7.10. The fraction of sp³-hybridized carbons (Fsp3) is 0.333. The van der Waals surface area contributed by atoms with Crippen molar-refractivity contribution in [1.82, 2.24) is 0 Å². The summed E-state index contributed by atoms with van der Waals surface area (Å²) >= 11 is 1.70. The number of hydrogen-bond donors (Lipinski definition) is 1. The number of benzene rings is 2. The van der Waals surface area contributed by atoms with Gasteiger partial charge in [-0.3, -0.25) is 0 Å². The van der Waals surface area contributed by atoms with Gasteiger partial charge in [0.25, 0.3) is 0 Å². The van der Waals surface area contributed by atoms with Crippen molar-refractivity contribution < 1.29 is 4.39 Å². The minimum Gasteiger partial charge on any atom is -0.327 e. The molecule has 21 heavy (non-hydrogen) atoms. The van der Waals surface area contributed by atoms with Crippen molar-refractivity contribution in [3.05, 3.63) is 70.5 Å². The van der Waals surface area contributed by atoms with Gasteiger partial charge in [0.05, 0.1) is 0 Å². The molecule has 0 heterocycles. The van der Waals surface area contributed by atoms with E-state index in [-0.39, 0.29) is 17.1 Å². The molecule has 0 aliphatic rings. The molecular formula is C18H22FNS. The van der Waals surface area contributed by atoms with E-state index < -0.39 is 0 Å². The highest BCUT2D eigenvalue weighted by Gasteiger charge is 2.20. The molecule has 2 aromatic rings. The van der Waals surface area contributed by atoms with Gasteiger partial charge in [0.2, 0.25) is 0 Å². The average Bonchev–Trinajstić information content (AvgIpc) is 2.39. The summed E-state index contributed by atoms with van der Waals surface area (Å²) < 4.78 is 14.0. The molecule has 0 spiro atoms. The van der Waals surface area contributed by atoms with Gasteiger partial charge >= 0.3 is 0 Å². The first kappa shape index (κ1) is 16.1. The number of hydrogen-bond acceptors (Lipinski definition) is 2. The van der Waals surface area contributed by atoms with Crippen LogP contribution in [0.15, 0.2) is 42.5 Å². The number of aryl methyl sites for hydroxylation is 2. The second-order valence-corrected chi connectivity index (χ2v) is 6.74. The van der Waals surface area contributed by atoms with Crippen molar-refractivity contribution in [2.45, 2.75) is 37.8 Å². The first-order chi connectivity index (χ1) is 9.97. The van der Waals surface area contributed by atoms with Crippen LogP contribution in [0.25, 0.3) is 0 Å². The van der Waals surface area contributed by atoms with Crippen molar-refractivity contribution in [3.63, 3.8) is 0 Å². The Kier molecular flexibility index (Phi) is 5.43. The zero-order chi connectivity index (χ0) is 15.4. The molecule has 0 aromatic heterocycles. The molecule has 2 unspecified atom stereocenters. The molecule has 0 radical (unpaired) electrons. The molecule has 0 saturated carbocycles. The van der Waals surface area contributed by atoms with Gasteiger partial charge in [-0.1, -0.05) is 47.5 Å².